The van der Waals surface area contributed by atoms with Crippen LogP contribution >= 0.6 is 27.7 Å². The van der Waals surface area contributed by atoms with Crippen molar-refractivity contribution in [1.29, 1.82) is 0 Å². The summed E-state index contributed by atoms with van der Waals surface area (Å²) in [6.07, 6.45) is 5.01. The molecule has 0 aromatic carbocycles. The fourth-order valence-corrected chi connectivity index (χ4v) is 3.78. The van der Waals surface area contributed by atoms with Crippen molar-refractivity contribution in [2.75, 3.05) is 18.0 Å². The number of aromatic nitrogens is 3. The minimum Gasteiger partial charge on any atom is -0.477 e. The van der Waals surface area contributed by atoms with Crippen molar-refractivity contribution >= 4 is 45.6 Å². The van der Waals surface area contributed by atoms with Gasteiger partial charge >= 0.3 is 5.97 Å². The Morgan fingerprint density at radius 1 is 1.46 bits per heavy atom. The Balaban J connectivity index is 1.83. The number of carboxylic acids is 1. The monoisotopic (exact) mass is 412 g/mol. The third-order valence-corrected chi connectivity index (χ3v) is 5.04. The van der Waals surface area contributed by atoms with Crippen molar-refractivity contribution in [3.8, 4) is 0 Å². The van der Waals surface area contributed by atoms with Crippen LogP contribution in [-0.4, -0.2) is 39.3 Å². The molecule has 2 aromatic heterocycles. The lowest BCUT2D eigenvalue weighted by Gasteiger charge is -2.26. The van der Waals surface area contributed by atoms with Crippen molar-refractivity contribution < 1.29 is 14.3 Å². The molecule has 0 radical (unpaired) electrons. The van der Waals surface area contributed by atoms with Crippen molar-refractivity contribution in [1.82, 2.24) is 15.2 Å². The third kappa shape index (κ3) is 4.02. The molecule has 24 heavy (non-hydrogen) atoms. The van der Waals surface area contributed by atoms with Crippen molar-refractivity contribution in [2.24, 2.45) is 0 Å². The molecule has 7 nitrogen and oxygen atoms in total. The van der Waals surface area contributed by atoms with E-state index in [4.69, 9.17) is 4.42 Å². The number of nitrogens with zero attached hydrogens (tertiary/aromatic N) is 3. The number of piperidine rings is 1. The largest absolute Gasteiger partial charge is 0.477 e. The maximum absolute atomic E-state index is 11.5. The van der Waals surface area contributed by atoms with Gasteiger partial charge in [-0.05, 0) is 53.9 Å². The predicted octanol–water partition coefficient (Wildman–Crippen LogP) is 3.68. The van der Waals surface area contributed by atoms with Gasteiger partial charge in [-0.15, -0.1) is 5.10 Å². The Hall–Kier alpha value is -1.74. The number of H-pyrrole nitrogens is 1. The van der Waals surface area contributed by atoms with Crippen LogP contribution in [0.1, 0.15) is 30.8 Å². The van der Waals surface area contributed by atoms with Gasteiger partial charge in [0.05, 0.1) is 4.47 Å². The molecule has 0 saturated carbocycles. The predicted molar refractivity (Wildman–Crippen MR) is 95.1 cm³/mol. The third-order valence-electron chi connectivity index (χ3n) is 3.59. The van der Waals surface area contributed by atoms with Crippen LogP contribution in [0.4, 0.5) is 5.88 Å². The lowest BCUT2D eigenvalue weighted by molar-refractivity contribution is -0.131. The average molecular weight is 413 g/mol. The van der Waals surface area contributed by atoms with Crippen LogP contribution in [0.3, 0.4) is 0 Å². The molecule has 0 bridgehead atoms. The fourth-order valence-electron chi connectivity index (χ4n) is 2.49. The second-order valence-electron chi connectivity index (χ2n) is 5.47. The number of aromatic amines is 1. The quantitative estimate of drug-likeness (QED) is 0.570. The number of aryl methyl sites for hydroxylation is 1. The zero-order valence-corrected chi connectivity index (χ0v) is 15.5. The molecule has 0 unspecified atom stereocenters. The summed E-state index contributed by atoms with van der Waals surface area (Å²) < 4.78 is 6.69. The van der Waals surface area contributed by atoms with Gasteiger partial charge in [-0.2, -0.15) is 0 Å². The van der Waals surface area contributed by atoms with E-state index >= 15 is 0 Å². The van der Waals surface area contributed by atoms with E-state index in [9.17, 15) is 9.90 Å². The van der Waals surface area contributed by atoms with E-state index in [2.05, 4.69) is 36.0 Å². The van der Waals surface area contributed by atoms with Gasteiger partial charge in [-0.1, -0.05) is 0 Å². The average Bonchev–Trinajstić information content (AvgIpc) is 3.13. The number of hydrogen-bond acceptors (Lipinski definition) is 6. The van der Waals surface area contributed by atoms with Gasteiger partial charge in [0.15, 0.2) is 0 Å². The SMILES string of the molecule is Cc1nc(S/C(=C\c2cc(Br)c(N3CCCCC3)o2)C(=O)O)n[nH]1. The van der Waals surface area contributed by atoms with Gasteiger partial charge in [0.2, 0.25) is 11.0 Å². The highest BCUT2D eigenvalue weighted by Crippen LogP contribution is 2.34. The van der Waals surface area contributed by atoms with Crippen LogP contribution in [0.15, 0.2) is 25.0 Å². The van der Waals surface area contributed by atoms with Gasteiger partial charge in [-0.25, -0.2) is 9.78 Å². The number of hydrogen-bond donors (Lipinski definition) is 2. The normalized spacial score (nSPS) is 15.8. The Kier molecular flexibility index (Phi) is 5.30. The van der Waals surface area contributed by atoms with Gasteiger partial charge < -0.3 is 14.4 Å². The van der Waals surface area contributed by atoms with E-state index < -0.39 is 5.97 Å². The molecule has 2 N–H and O–H groups in total. The molecule has 9 heteroatoms. The molecule has 0 atom stereocenters. The summed E-state index contributed by atoms with van der Waals surface area (Å²) in [5, 5.41) is 16.4. The molecule has 3 rings (SSSR count). The van der Waals surface area contributed by atoms with Gasteiger partial charge in [-0.3, -0.25) is 5.10 Å². The highest BCUT2D eigenvalue weighted by Gasteiger charge is 2.20. The summed E-state index contributed by atoms with van der Waals surface area (Å²) in [7, 11) is 0. The number of thioether (sulfide) groups is 1. The van der Waals surface area contributed by atoms with E-state index in [1.54, 1.807) is 13.0 Å². The summed E-state index contributed by atoms with van der Waals surface area (Å²) in [6, 6.07) is 1.79. The van der Waals surface area contributed by atoms with Gasteiger partial charge in [0.1, 0.15) is 16.5 Å². The maximum atomic E-state index is 11.5. The van der Waals surface area contributed by atoms with Crippen LogP contribution in [0.5, 0.6) is 0 Å². The molecule has 1 aliphatic rings. The number of nitrogens with one attached hydrogen (secondary N) is 1. The summed E-state index contributed by atoms with van der Waals surface area (Å²) in [6.45, 7) is 3.66. The Morgan fingerprint density at radius 3 is 2.83 bits per heavy atom. The topological polar surface area (TPSA) is 95.2 Å². The number of aliphatic carboxylic acids is 1. The van der Waals surface area contributed by atoms with E-state index in [1.807, 2.05) is 0 Å². The standard InChI is InChI=1S/C15H17BrN4O3S/c1-9-17-15(19-18-9)24-12(14(21)22)8-10-7-11(16)13(23-10)20-5-3-2-4-6-20/h7-8H,2-6H2,1H3,(H,21,22)(H,17,18,19)/b12-8-. The first-order valence-corrected chi connectivity index (χ1v) is 9.20. The first kappa shape index (κ1) is 17.1. The smallest absolute Gasteiger partial charge is 0.342 e. The molecule has 3 heterocycles. The molecule has 0 aliphatic carbocycles. The number of rotatable bonds is 5. The molecule has 0 amide bonds. The van der Waals surface area contributed by atoms with Gasteiger partial charge in [0.25, 0.3) is 0 Å². The number of carbonyl (C=O) groups is 1. The zero-order chi connectivity index (χ0) is 17.1. The van der Waals surface area contributed by atoms with E-state index in [1.165, 1.54) is 12.5 Å². The summed E-state index contributed by atoms with van der Waals surface area (Å²) in [4.78, 5) is 17.9. The molecule has 0 spiro atoms. The number of anilines is 1. The second kappa shape index (κ2) is 7.43. The molecule has 1 fully saturated rings. The van der Waals surface area contributed by atoms with Crippen LogP contribution in [0.2, 0.25) is 0 Å². The maximum Gasteiger partial charge on any atom is 0.342 e. The fraction of sp³-hybridized carbons (Fsp3) is 0.400. The minimum absolute atomic E-state index is 0.0976. The van der Waals surface area contributed by atoms with Crippen LogP contribution in [-0.2, 0) is 4.79 Å². The van der Waals surface area contributed by atoms with Crippen molar-refractivity contribution in [2.45, 2.75) is 31.3 Å². The Morgan fingerprint density at radius 2 is 2.21 bits per heavy atom. The van der Waals surface area contributed by atoms with Crippen LogP contribution in [0, 0.1) is 6.92 Å². The first-order valence-electron chi connectivity index (χ1n) is 7.59. The van der Waals surface area contributed by atoms with Crippen molar-refractivity contribution in [3.05, 3.63) is 27.0 Å². The lowest BCUT2D eigenvalue weighted by atomic mass is 10.1. The summed E-state index contributed by atoms with van der Waals surface area (Å²) >= 11 is 4.48. The molecule has 1 saturated heterocycles. The highest BCUT2D eigenvalue weighted by molar-refractivity contribution is 9.10. The number of carboxylic acid groups (broad SMARTS) is 1. The van der Waals surface area contributed by atoms with E-state index in [0.717, 1.165) is 48.0 Å². The molecule has 1 aliphatic heterocycles. The van der Waals surface area contributed by atoms with Crippen LogP contribution < -0.4 is 4.90 Å². The Bertz CT molecular complexity index is 765. The van der Waals surface area contributed by atoms with E-state index in [0.29, 0.717) is 16.7 Å². The summed E-state index contributed by atoms with van der Waals surface area (Å²) in [5.74, 6) is 0.828. The number of furan rings is 1. The lowest BCUT2D eigenvalue weighted by Crippen LogP contribution is -2.29. The summed E-state index contributed by atoms with van der Waals surface area (Å²) in [5.41, 5.74) is 0. The van der Waals surface area contributed by atoms with Crippen molar-refractivity contribution in [3.63, 3.8) is 0 Å². The molecule has 2 aromatic rings. The van der Waals surface area contributed by atoms with Gasteiger partial charge in [0, 0.05) is 25.2 Å². The molecule has 128 valence electrons. The minimum atomic E-state index is -1.05. The van der Waals surface area contributed by atoms with Crippen LogP contribution in [0.25, 0.3) is 6.08 Å². The first-order chi connectivity index (χ1) is 11.5. The molecular formula is C15H17BrN4O3S. The highest BCUT2D eigenvalue weighted by atomic mass is 79.9. The zero-order valence-electron chi connectivity index (χ0n) is 13.1. The number of halogens is 1. The van der Waals surface area contributed by atoms with E-state index in [-0.39, 0.29) is 4.91 Å². The second-order valence-corrected chi connectivity index (χ2v) is 7.33. The Labute approximate surface area is 151 Å². The molecular weight excluding hydrogens is 396 g/mol.